The van der Waals surface area contributed by atoms with Crippen LogP contribution in [0.25, 0.3) is 0 Å². The van der Waals surface area contributed by atoms with Gasteiger partial charge in [0.05, 0.1) is 12.8 Å². The first-order valence-electron chi connectivity index (χ1n) is 8.89. The van der Waals surface area contributed by atoms with E-state index in [0.717, 1.165) is 0 Å². The van der Waals surface area contributed by atoms with Gasteiger partial charge in [0, 0.05) is 24.4 Å². The minimum absolute atomic E-state index is 0.180. The smallest absolute Gasteiger partial charge is 0.246 e. The van der Waals surface area contributed by atoms with Gasteiger partial charge in [0.25, 0.3) is 0 Å². The van der Waals surface area contributed by atoms with Gasteiger partial charge in [0.1, 0.15) is 25.0 Å². The summed E-state index contributed by atoms with van der Waals surface area (Å²) in [6.07, 6.45) is 0. The zero-order valence-corrected chi connectivity index (χ0v) is 16.0. The fraction of sp³-hybridized carbons (Fsp3) is 0.300. The van der Waals surface area contributed by atoms with Crippen molar-refractivity contribution in [2.45, 2.75) is 19.9 Å². The molecule has 2 aromatic carbocycles. The first-order chi connectivity index (χ1) is 13.5. The van der Waals surface area contributed by atoms with E-state index in [0.29, 0.717) is 47.5 Å². The molecule has 148 valence electrons. The van der Waals surface area contributed by atoms with E-state index in [2.05, 4.69) is 16.0 Å². The molecule has 0 radical (unpaired) electrons. The van der Waals surface area contributed by atoms with E-state index >= 15 is 0 Å². The monoisotopic (exact) mass is 385 g/mol. The maximum absolute atomic E-state index is 12.6. The third-order valence-electron chi connectivity index (χ3n) is 4.09. The topological polar surface area (TPSA) is 97.9 Å². The van der Waals surface area contributed by atoms with Crippen LogP contribution in [0.5, 0.6) is 17.2 Å². The van der Waals surface area contributed by atoms with Gasteiger partial charge in [0.15, 0.2) is 11.5 Å². The maximum Gasteiger partial charge on any atom is 0.246 e. The van der Waals surface area contributed by atoms with Gasteiger partial charge in [-0.05, 0) is 37.3 Å². The van der Waals surface area contributed by atoms with Crippen molar-refractivity contribution >= 4 is 28.9 Å². The highest BCUT2D eigenvalue weighted by molar-refractivity contribution is 5.97. The molecule has 2 aromatic rings. The number of anilines is 3. The Morgan fingerprint density at radius 2 is 1.68 bits per heavy atom. The quantitative estimate of drug-likeness (QED) is 0.707. The SMILES string of the molecule is COc1ccc(NC(C)=O)cc1N[C@@H](C)C(=O)Nc1ccc2c(c1)OCCO2. The van der Waals surface area contributed by atoms with Gasteiger partial charge in [-0.1, -0.05) is 0 Å². The van der Waals surface area contributed by atoms with Crippen molar-refractivity contribution in [1.82, 2.24) is 0 Å². The molecule has 8 nitrogen and oxygen atoms in total. The molecule has 0 unspecified atom stereocenters. The van der Waals surface area contributed by atoms with Crippen LogP contribution >= 0.6 is 0 Å². The minimum atomic E-state index is -0.560. The van der Waals surface area contributed by atoms with Gasteiger partial charge in [-0.3, -0.25) is 9.59 Å². The molecule has 0 spiro atoms. The molecule has 1 heterocycles. The number of carbonyl (C=O) groups excluding carboxylic acids is 2. The summed E-state index contributed by atoms with van der Waals surface area (Å²) >= 11 is 0. The maximum atomic E-state index is 12.6. The highest BCUT2D eigenvalue weighted by Crippen LogP contribution is 2.33. The van der Waals surface area contributed by atoms with Crippen LogP contribution < -0.4 is 30.2 Å². The van der Waals surface area contributed by atoms with Crippen molar-refractivity contribution in [2.24, 2.45) is 0 Å². The molecule has 0 fully saturated rings. The standard InChI is InChI=1S/C20H23N3O5/c1-12(21-16-10-14(22-13(2)24)4-6-17(16)26-3)20(25)23-15-5-7-18-19(11-15)28-9-8-27-18/h4-7,10-12,21H,8-9H2,1-3H3,(H,22,24)(H,23,25)/t12-/m0/s1. The molecule has 0 aromatic heterocycles. The molecule has 3 N–H and O–H groups in total. The van der Waals surface area contributed by atoms with Crippen LogP contribution in [0.4, 0.5) is 17.1 Å². The van der Waals surface area contributed by atoms with E-state index in [9.17, 15) is 9.59 Å². The van der Waals surface area contributed by atoms with E-state index in [1.54, 1.807) is 50.4 Å². The lowest BCUT2D eigenvalue weighted by atomic mass is 10.2. The van der Waals surface area contributed by atoms with E-state index in [-0.39, 0.29) is 11.8 Å². The van der Waals surface area contributed by atoms with Crippen molar-refractivity contribution < 1.29 is 23.8 Å². The van der Waals surface area contributed by atoms with E-state index in [1.165, 1.54) is 6.92 Å². The Morgan fingerprint density at radius 1 is 1.00 bits per heavy atom. The first kappa shape index (κ1) is 19.3. The highest BCUT2D eigenvalue weighted by Gasteiger charge is 2.17. The fourth-order valence-corrected chi connectivity index (χ4v) is 2.77. The number of carbonyl (C=O) groups is 2. The Balaban J connectivity index is 1.69. The van der Waals surface area contributed by atoms with E-state index < -0.39 is 6.04 Å². The van der Waals surface area contributed by atoms with Crippen LogP contribution in [0.15, 0.2) is 36.4 Å². The number of amides is 2. The van der Waals surface area contributed by atoms with Crippen molar-refractivity contribution in [3.8, 4) is 17.2 Å². The second-order valence-electron chi connectivity index (χ2n) is 6.31. The Morgan fingerprint density at radius 3 is 2.39 bits per heavy atom. The summed E-state index contributed by atoms with van der Waals surface area (Å²) in [4.78, 5) is 23.9. The predicted molar refractivity (Wildman–Crippen MR) is 106 cm³/mol. The molecule has 1 aliphatic rings. The lowest BCUT2D eigenvalue weighted by Crippen LogP contribution is -2.32. The normalized spacial score (nSPS) is 13.2. The second kappa shape index (κ2) is 8.51. The first-order valence-corrected chi connectivity index (χ1v) is 8.89. The van der Waals surface area contributed by atoms with Crippen molar-refractivity contribution in [3.05, 3.63) is 36.4 Å². The molecule has 0 bridgehead atoms. The Hall–Kier alpha value is -3.42. The Bertz CT molecular complexity index is 884. The third kappa shape index (κ3) is 4.64. The summed E-state index contributed by atoms with van der Waals surface area (Å²) in [7, 11) is 1.54. The Kier molecular flexibility index (Phi) is 5.88. The van der Waals surface area contributed by atoms with Crippen LogP contribution in [0.2, 0.25) is 0 Å². The van der Waals surface area contributed by atoms with Crippen molar-refractivity contribution in [2.75, 3.05) is 36.3 Å². The van der Waals surface area contributed by atoms with Gasteiger partial charge in [0.2, 0.25) is 11.8 Å². The van der Waals surface area contributed by atoms with E-state index in [4.69, 9.17) is 14.2 Å². The highest BCUT2D eigenvalue weighted by atomic mass is 16.6. The number of hydrogen-bond donors (Lipinski definition) is 3. The predicted octanol–water partition coefficient (Wildman–Crippen LogP) is 2.86. The van der Waals surface area contributed by atoms with Crippen LogP contribution in [-0.2, 0) is 9.59 Å². The fourth-order valence-electron chi connectivity index (χ4n) is 2.77. The summed E-state index contributed by atoms with van der Waals surface area (Å²) in [5.74, 6) is 1.42. The molecule has 0 saturated heterocycles. The second-order valence-corrected chi connectivity index (χ2v) is 6.31. The largest absolute Gasteiger partial charge is 0.495 e. The number of benzene rings is 2. The van der Waals surface area contributed by atoms with Gasteiger partial charge in [-0.25, -0.2) is 0 Å². The minimum Gasteiger partial charge on any atom is -0.495 e. The zero-order valence-electron chi connectivity index (χ0n) is 16.0. The average Bonchev–Trinajstić information content (AvgIpc) is 2.67. The van der Waals surface area contributed by atoms with Crippen molar-refractivity contribution in [3.63, 3.8) is 0 Å². The number of methoxy groups -OCH3 is 1. The molecule has 0 saturated carbocycles. The third-order valence-corrected chi connectivity index (χ3v) is 4.09. The summed E-state index contributed by atoms with van der Waals surface area (Å²) in [6, 6.07) is 9.86. The summed E-state index contributed by atoms with van der Waals surface area (Å²) in [5.41, 5.74) is 1.82. The summed E-state index contributed by atoms with van der Waals surface area (Å²) in [6.45, 7) is 4.16. The average molecular weight is 385 g/mol. The number of nitrogens with one attached hydrogen (secondary N) is 3. The van der Waals surface area contributed by atoms with Gasteiger partial charge in [-0.2, -0.15) is 0 Å². The molecule has 1 atom stereocenters. The number of hydrogen-bond acceptors (Lipinski definition) is 6. The molecule has 28 heavy (non-hydrogen) atoms. The van der Waals surface area contributed by atoms with Gasteiger partial charge >= 0.3 is 0 Å². The lowest BCUT2D eigenvalue weighted by Gasteiger charge is -2.20. The van der Waals surface area contributed by atoms with Crippen LogP contribution in [0.1, 0.15) is 13.8 Å². The molecule has 8 heteroatoms. The summed E-state index contributed by atoms with van der Waals surface area (Å²) in [5, 5.41) is 8.67. The molecule has 2 amide bonds. The molecule has 1 aliphatic heterocycles. The number of rotatable bonds is 6. The molecular weight excluding hydrogens is 362 g/mol. The number of ether oxygens (including phenoxy) is 3. The van der Waals surface area contributed by atoms with Gasteiger partial charge < -0.3 is 30.2 Å². The van der Waals surface area contributed by atoms with Crippen LogP contribution in [0, 0.1) is 0 Å². The molecule has 3 rings (SSSR count). The molecule has 0 aliphatic carbocycles. The van der Waals surface area contributed by atoms with Crippen LogP contribution in [-0.4, -0.2) is 38.2 Å². The molecular formula is C20H23N3O5. The lowest BCUT2D eigenvalue weighted by molar-refractivity contribution is -0.116. The van der Waals surface area contributed by atoms with Gasteiger partial charge in [-0.15, -0.1) is 0 Å². The van der Waals surface area contributed by atoms with Crippen LogP contribution in [0.3, 0.4) is 0 Å². The number of fused-ring (bicyclic) bond motifs is 1. The Labute approximate surface area is 163 Å². The zero-order chi connectivity index (χ0) is 20.1. The summed E-state index contributed by atoms with van der Waals surface area (Å²) < 4.78 is 16.3. The van der Waals surface area contributed by atoms with E-state index in [1.807, 2.05) is 0 Å². The van der Waals surface area contributed by atoms with Crippen molar-refractivity contribution in [1.29, 1.82) is 0 Å².